The van der Waals surface area contributed by atoms with Gasteiger partial charge in [0.25, 0.3) is 0 Å². The molecule has 0 aliphatic carbocycles. The summed E-state index contributed by atoms with van der Waals surface area (Å²) in [5, 5.41) is 7.42. The van der Waals surface area contributed by atoms with Gasteiger partial charge in [-0.1, -0.05) is 6.92 Å². The number of hydrogen-bond acceptors (Lipinski definition) is 4. The fraction of sp³-hybridized carbons (Fsp3) is 0.727. The van der Waals surface area contributed by atoms with Crippen LogP contribution >= 0.6 is 0 Å². The Balaban J connectivity index is 1.98. The van der Waals surface area contributed by atoms with E-state index in [1.165, 1.54) is 0 Å². The van der Waals surface area contributed by atoms with Crippen molar-refractivity contribution in [2.24, 2.45) is 7.05 Å². The predicted molar refractivity (Wildman–Crippen MR) is 63.1 cm³/mol. The van der Waals surface area contributed by atoms with Crippen LogP contribution in [0.25, 0.3) is 0 Å². The lowest BCUT2D eigenvalue weighted by molar-refractivity contribution is -0.136. The van der Waals surface area contributed by atoms with E-state index < -0.39 is 0 Å². The molecular formula is C11H19N5O. The molecular weight excluding hydrogens is 218 g/mol. The van der Waals surface area contributed by atoms with Crippen LogP contribution in [0.15, 0.2) is 6.33 Å². The van der Waals surface area contributed by atoms with Gasteiger partial charge in [0.1, 0.15) is 6.33 Å². The first-order valence-corrected chi connectivity index (χ1v) is 6.07. The molecule has 1 unspecified atom stereocenters. The molecule has 6 nitrogen and oxygen atoms in total. The van der Waals surface area contributed by atoms with Crippen LogP contribution in [0, 0.1) is 0 Å². The van der Waals surface area contributed by atoms with Crippen molar-refractivity contribution in [2.45, 2.75) is 32.4 Å². The number of carbonyl (C=O) groups is 1. The number of carbonyl (C=O) groups excluding carboxylic acids is 1. The van der Waals surface area contributed by atoms with Gasteiger partial charge < -0.3 is 10.2 Å². The zero-order valence-corrected chi connectivity index (χ0v) is 10.4. The Labute approximate surface area is 101 Å². The highest BCUT2D eigenvalue weighted by molar-refractivity contribution is 5.82. The number of aromatic nitrogens is 3. The summed E-state index contributed by atoms with van der Waals surface area (Å²) < 4.78 is 1.66. The van der Waals surface area contributed by atoms with Gasteiger partial charge in [0, 0.05) is 13.6 Å². The maximum atomic E-state index is 12.1. The van der Waals surface area contributed by atoms with E-state index in [4.69, 9.17) is 0 Å². The molecule has 2 rings (SSSR count). The molecule has 1 atom stereocenters. The predicted octanol–water partition coefficient (Wildman–Crippen LogP) is -0.0844. The highest BCUT2D eigenvalue weighted by Gasteiger charge is 2.28. The Morgan fingerprint density at radius 3 is 3.06 bits per heavy atom. The average molecular weight is 237 g/mol. The van der Waals surface area contributed by atoms with Crippen molar-refractivity contribution in [3.63, 3.8) is 0 Å². The lowest BCUT2D eigenvalue weighted by atomic mass is 10.0. The zero-order chi connectivity index (χ0) is 12.3. The Hall–Kier alpha value is -1.43. The number of nitrogens with one attached hydrogen (secondary N) is 1. The first-order valence-electron chi connectivity index (χ1n) is 6.07. The molecule has 94 valence electrons. The van der Waals surface area contributed by atoms with Crippen molar-refractivity contribution in [2.75, 3.05) is 13.1 Å². The van der Waals surface area contributed by atoms with E-state index in [0.717, 1.165) is 25.9 Å². The van der Waals surface area contributed by atoms with Crippen molar-refractivity contribution in [1.82, 2.24) is 25.0 Å². The largest absolute Gasteiger partial charge is 0.334 e. The normalized spacial score (nSPS) is 20.9. The van der Waals surface area contributed by atoms with Gasteiger partial charge in [-0.05, 0) is 19.4 Å². The summed E-state index contributed by atoms with van der Waals surface area (Å²) in [6.45, 7) is 4.17. The Bertz CT molecular complexity index is 387. The number of piperidine rings is 1. The summed E-state index contributed by atoms with van der Waals surface area (Å²) in [6.07, 6.45) is 3.63. The summed E-state index contributed by atoms with van der Waals surface area (Å²) in [5.41, 5.74) is 0. The topological polar surface area (TPSA) is 63.1 Å². The van der Waals surface area contributed by atoms with Crippen molar-refractivity contribution >= 4 is 5.91 Å². The number of rotatable bonds is 4. The smallest absolute Gasteiger partial charge is 0.240 e. The standard InChI is InChI=1S/C11H19N5O/c1-3-12-9-5-4-6-16(11(9)17)7-10-13-8-15(2)14-10/h8-9,12H,3-7H2,1-2H3. The number of hydrogen-bond donors (Lipinski definition) is 1. The van der Waals surface area contributed by atoms with Crippen molar-refractivity contribution < 1.29 is 4.79 Å². The first-order chi connectivity index (χ1) is 8.20. The van der Waals surface area contributed by atoms with E-state index in [-0.39, 0.29) is 11.9 Å². The van der Waals surface area contributed by atoms with Crippen molar-refractivity contribution in [3.8, 4) is 0 Å². The molecule has 0 bridgehead atoms. The molecule has 1 aromatic rings. The summed E-state index contributed by atoms with van der Waals surface area (Å²) in [7, 11) is 1.83. The summed E-state index contributed by atoms with van der Waals surface area (Å²) in [4.78, 5) is 18.1. The molecule has 0 spiro atoms. The maximum absolute atomic E-state index is 12.1. The third-order valence-corrected chi connectivity index (χ3v) is 2.96. The zero-order valence-electron chi connectivity index (χ0n) is 10.4. The molecule has 2 heterocycles. The number of amides is 1. The number of aryl methyl sites for hydroxylation is 1. The van der Waals surface area contributed by atoms with Gasteiger partial charge in [-0.3, -0.25) is 9.48 Å². The Kier molecular flexibility index (Phi) is 3.73. The quantitative estimate of drug-likeness (QED) is 0.795. The number of likely N-dealkylation sites (N-methyl/N-ethyl adjacent to an activating group) is 1. The second-order valence-corrected chi connectivity index (χ2v) is 4.35. The van der Waals surface area contributed by atoms with Crippen LogP contribution in [0.2, 0.25) is 0 Å². The Morgan fingerprint density at radius 2 is 2.41 bits per heavy atom. The second-order valence-electron chi connectivity index (χ2n) is 4.35. The van der Waals surface area contributed by atoms with Crippen molar-refractivity contribution in [3.05, 3.63) is 12.2 Å². The van der Waals surface area contributed by atoms with E-state index in [1.54, 1.807) is 11.0 Å². The average Bonchev–Trinajstić information content (AvgIpc) is 2.70. The summed E-state index contributed by atoms with van der Waals surface area (Å²) in [6, 6.07) is -0.0301. The van der Waals surface area contributed by atoms with Crippen LogP contribution in [0.1, 0.15) is 25.6 Å². The van der Waals surface area contributed by atoms with Gasteiger partial charge in [-0.25, -0.2) is 4.98 Å². The minimum absolute atomic E-state index is 0.0301. The third kappa shape index (κ3) is 2.82. The molecule has 1 N–H and O–H groups in total. The fourth-order valence-corrected chi connectivity index (χ4v) is 2.16. The highest BCUT2D eigenvalue weighted by atomic mass is 16.2. The maximum Gasteiger partial charge on any atom is 0.240 e. The molecule has 0 aromatic carbocycles. The van der Waals surface area contributed by atoms with Gasteiger partial charge in [-0.2, -0.15) is 5.10 Å². The van der Waals surface area contributed by atoms with Gasteiger partial charge >= 0.3 is 0 Å². The lowest BCUT2D eigenvalue weighted by Crippen LogP contribution is -2.50. The van der Waals surface area contributed by atoms with Crippen LogP contribution in [0.5, 0.6) is 0 Å². The number of likely N-dealkylation sites (tertiary alicyclic amines) is 1. The summed E-state index contributed by atoms with van der Waals surface area (Å²) >= 11 is 0. The van der Waals surface area contributed by atoms with Crippen LogP contribution in [0.3, 0.4) is 0 Å². The van der Waals surface area contributed by atoms with E-state index >= 15 is 0 Å². The monoisotopic (exact) mass is 237 g/mol. The van der Waals surface area contributed by atoms with Crippen LogP contribution < -0.4 is 5.32 Å². The molecule has 17 heavy (non-hydrogen) atoms. The van der Waals surface area contributed by atoms with E-state index in [2.05, 4.69) is 15.4 Å². The Morgan fingerprint density at radius 1 is 1.59 bits per heavy atom. The third-order valence-electron chi connectivity index (χ3n) is 2.96. The minimum Gasteiger partial charge on any atom is -0.334 e. The summed E-state index contributed by atoms with van der Waals surface area (Å²) in [5.74, 6) is 0.878. The SMILES string of the molecule is CCNC1CCCN(Cc2ncn(C)n2)C1=O. The molecule has 0 saturated carbocycles. The molecule has 1 aliphatic rings. The second kappa shape index (κ2) is 5.27. The number of nitrogens with zero attached hydrogens (tertiary/aromatic N) is 4. The van der Waals surface area contributed by atoms with Crippen LogP contribution in [0.4, 0.5) is 0 Å². The fourth-order valence-electron chi connectivity index (χ4n) is 2.16. The van der Waals surface area contributed by atoms with E-state index in [0.29, 0.717) is 12.4 Å². The lowest BCUT2D eigenvalue weighted by Gasteiger charge is -2.31. The minimum atomic E-state index is -0.0301. The van der Waals surface area contributed by atoms with Crippen molar-refractivity contribution in [1.29, 1.82) is 0 Å². The van der Waals surface area contributed by atoms with Gasteiger partial charge in [0.05, 0.1) is 12.6 Å². The molecule has 1 saturated heterocycles. The van der Waals surface area contributed by atoms with E-state index in [9.17, 15) is 4.79 Å². The molecule has 1 fully saturated rings. The van der Waals surface area contributed by atoms with Gasteiger partial charge in [0.2, 0.25) is 5.91 Å². The molecule has 0 radical (unpaired) electrons. The van der Waals surface area contributed by atoms with Gasteiger partial charge in [-0.15, -0.1) is 0 Å². The highest BCUT2D eigenvalue weighted by Crippen LogP contribution is 2.13. The van der Waals surface area contributed by atoms with Crippen LogP contribution in [-0.2, 0) is 18.4 Å². The van der Waals surface area contributed by atoms with E-state index in [1.807, 2.05) is 18.9 Å². The molecule has 6 heteroatoms. The molecule has 1 aliphatic heterocycles. The van der Waals surface area contributed by atoms with Crippen LogP contribution in [-0.4, -0.2) is 44.7 Å². The van der Waals surface area contributed by atoms with Gasteiger partial charge in [0.15, 0.2) is 5.82 Å². The molecule has 1 amide bonds. The first kappa shape index (κ1) is 12.0. The molecule has 1 aromatic heterocycles.